The van der Waals surface area contributed by atoms with Gasteiger partial charge in [-0.15, -0.1) is 0 Å². The average Bonchev–Trinajstić information content (AvgIpc) is 3.02. The summed E-state index contributed by atoms with van der Waals surface area (Å²) in [5, 5.41) is 5.52. The molecule has 6 nitrogen and oxygen atoms in total. The minimum atomic E-state index is -0.987. The molecule has 0 spiro atoms. The second-order valence-corrected chi connectivity index (χ2v) is 7.24. The lowest BCUT2D eigenvalue weighted by atomic mass is 10.3. The molecule has 0 unspecified atom stereocenters. The molecular weight excluding hydrogens is 442 g/mol. The van der Waals surface area contributed by atoms with Gasteiger partial charge in [0.05, 0.1) is 29.0 Å². The number of anilines is 1. The second kappa shape index (κ2) is 8.49. The van der Waals surface area contributed by atoms with Crippen LogP contribution in [0.2, 0.25) is 0 Å². The van der Waals surface area contributed by atoms with Crippen molar-refractivity contribution in [2.45, 2.75) is 5.16 Å². The van der Waals surface area contributed by atoms with Crippen LogP contribution in [0.15, 0.2) is 46.0 Å². The number of halogens is 3. The van der Waals surface area contributed by atoms with Crippen molar-refractivity contribution in [3.63, 3.8) is 0 Å². The topological polar surface area (TPSA) is 86.9 Å². The lowest BCUT2D eigenvalue weighted by molar-refractivity contribution is -0.122. The quantitative estimate of drug-likeness (QED) is 0.497. The number of thioether (sulfide) groups is 1. The van der Waals surface area contributed by atoms with E-state index >= 15 is 0 Å². The Kier molecular flexibility index (Phi) is 6.07. The summed E-state index contributed by atoms with van der Waals surface area (Å²) < 4.78 is 27.1. The molecule has 0 radical (unpaired) electrons. The summed E-state index contributed by atoms with van der Waals surface area (Å²) in [7, 11) is 0. The number of rotatable bonds is 6. The fourth-order valence-corrected chi connectivity index (χ4v) is 3.27. The number of para-hydroxylation sites is 1. The molecule has 3 rings (SSSR count). The van der Waals surface area contributed by atoms with E-state index in [0.717, 1.165) is 28.4 Å². The first kappa shape index (κ1) is 19.3. The Bertz CT molecular complexity index is 973. The van der Waals surface area contributed by atoms with Crippen LogP contribution < -0.4 is 10.6 Å². The van der Waals surface area contributed by atoms with Crippen molar-refractivity contribution in [3.8, 4) is 0 Å². The van der Waals surface area contributed by atoms with E-state index in [-0.39, 0.29) is 29.6 Å². The number of imidazole rings is 1. The molecule has 0 fully saturated rings. The minimum Gasteiger partial charge on any atom is -0.346 e. The summed E-state index contributed by atoms with van der Waals surface area (Å²) in [5.74, 6) is -2.71. The van der Waals surface area contributed by atoms with Gasteiger partial charge in [0.1, 0.15) is 0 Å². The van der Waals surface area contributed by atoms with Crippen molar-refractivity contribution in [1.29, 1.82) is 0 Å². The lowest BCUT2D eigenvalue weighted by Gasteiger charge is -2.08. The summed E-state index contributed by atoms with van der Waals surface area (Å²) in [6, 6.07) is 9.11. The fraction of sp³-hybridized carbons (Fsp3) is 0.118. The maximum atomic E-state index is 13.2. The Morgan fingerprint density at radius 2 is 1.89 bits per heavy atom. The third-order valence-corrected chi connectivity index (χ3v) is 5.00. The van der Waals surface area contributed by atoms with Crippen LogP contribution in [0.4, 0.5) is 14.5 Å². The first-order chi connectivity index (χ1) is 12.9. The van der Waals surface area contributed by atoms with Crippen LogP contribution in [0, 0.1) is 11.6 Å². The number of aromatic amines is 1. The standard InChI is InChI=1S/C17H13BrF2N4O2S/c18-9-3-1-2-4-12(9)22-15(25)7-21-16(26)8-27-17-23-13-5-10(19)11(20)6-14(13)24-17/h1-6H,7-8H2,(H,21,26)(H,22,25)(H,23,24). The molecule has 2 amide bonds. The van der Waals surface area contributed by atoms with Gasteiger partial charge in [-0.3, -0.25) is 9.59 Å². The number of nitrogens with zero attached hydrogens (tertiary/aromatic N) is 1. The third-order valence-electron chi connectivity index (χ3n) is 3.44. The van der Waals surface area contributed by atoms with Gasteiger partial charge in [0.15, 0.2) is 16.8 Å². The fourth-order valence-electron chi connectivity index (χ4n) is 2.17. The molecule has 0 aliphatic carbocycles. The van der Waals surface area contributed by atoms with E-state index in [0.29, 0.717) is 16.4 Å². The largest absolute Gasteiger partial charge is 0.346 e. The summed E-state index contributed by atoms with van der Waals surface area (Å²) in [4.78, 5) is 30.6. The zero-order chi connectivity index (χ0) is 19.4. The van der Waals surface area contributed by atoms with Gasteiger partial charge in [-0.1, -0.05) is 23.9 Å². The van der Waals surface area contributed by atoms with E-state index in [1.54, 1.807) is 18.2 Å². The van der Waals surface area contributed by atoms with Gasteiger partial charge >= 0.3 is 0 Å². The zero-order valence-electron chi connectivity index (χ0n) is 13.7. The van der Waals surface area contributed by atoms with Crippen LogP contribution in [-0.4, -0.2) is 34.1 Å². The lowest BCUT2D eigenvalue weighted by Crippen LogP contribution is -2.33. The second-order valence-electron chi connectivity index (χ2n) is 5.42. The number of carbonyl (C=O) groups excluding carboxylic acids is 2. The summed E-state index contributed by atoms with van der Waals surface area (Å²) in [5.41, 5.74) is 1.21. The SMILES string of the molecule is O=C(CSc1nc2cc(F)c(F)cc2[nH]1)NCC(=O)Nc1ccccc1Br. The van der Waals surface area contributed by atoms with Crippen LogP contribution in [0.5, 0.6) is 0 Å². The highest BCUT2D eigenvalue weighted by Crippen LogP contribution is 2.22. The molecule has 0 aliphatic heterocycles. The average molecular weight is 455 g/mol. The zero-order valence-corrected chi connectivity index (χ0v) is 16.1. The molecule has 1 aromatic heterocycles. The van der Waals surface area contributed by atoms with Crippen molar-refractivity contribution in [1.82, 2.24) is 15.3 Å². The number of fused-ring (bicyclic) bond motifs is 1. The Morgan fingerprint density at radius 3 is 2.67 bits per heavy atom. The number of hydrogen-bond acceptors (Lipinski definition) is 4. The van der Waals surface area contributed by atoms with Gasteiger partial charge in [0.2, 0.25) is 11.8 Å². The maximum Gasteiger partial charge on any atom is 0.243 e. The normalized spacial score (nSPS) is 10.8. The van der Waals surface area contributed by atoms with Crippen LogP contribution in [0.25, 0.3) is 11.0 Å². The molecule has 10 heteroatoms. The van der Waals surface area contributed by atoms with E-state index in [9.17, 15) is 18.4 Å². The van der Waals surface area contributed by atoms with E-state index in [4.69, 9.17) is 0 Å². The predicted molar refractivity (Wildman–Crippen MR) is 103 cm³/mol. The molecular formula is C17H13BrF2N4O2S. The number of carbonyl (C=O) groups is 2. The molecule has 0 bridgehead atoms. The molecule has 0 saturated carbocycles. The molecule has 2 aromatic carbocycles. The summed E-state index contributed by atoms with van der Waals surface area (Å²) in [6.07, 6.45) is 0. The Hall–Kier alpha value is -2.46. The maximum absolute atomic E-state index is 13.2. The van der Waals surface area contributed by atoms with E-state index in [1.807, 2.05) is 6.07 Å². The number of benzene rings is 2. The van der Waals surface area contributed by atoms with Gasteiger partial charge in [0, 0.05) is 16.6 Å². The van der Waals surface area contributed by atoms with Crippen molar-refractivity contribution in [2.24, 2.45) is 0 Å². The highest BCUT2D eigenvalue weighted by atomic mass is 79.9. The number of amides is 2. The minimum absolute atomic E-state index is 0.00685. The van der Waals surface area contributed by atoms with Crippen LogP contribution in [-0.2, 0) is 9.59 Å². The van der Waals surface area contributed by atoms with Crippen molar-refractivity contribution in [2.75, 3.05) is 17.6 Å². The number of H-pyrrole nitrogens is 1. The molecule has 0 atom stereocenters. The highest BCUT2D eigenvalue weighted by molar-refractivity contribution is 9.10. The van der Waals surface area contributed by atoms with Gasteiger partial charge in [-0.05, 0) is 28.1 Å². The van der Waals surface area contributed by atoms with E-state index in [1.165, 1.54) is 0 Å². The number of nitrogens with one attached hydrogen (secondary N) is 3. The van der Waals surface area contributed by atoms with Crippen molar-refractivity contribution >= 4 is 56.2 Å². The van der Waals surface area contributed by atoms with Crippen molar-refractivity contribution in [3.05, 3.63) is 52.5 Å². The first-order valence-electron chi connectivity index (χ1n) is 7.71. The van der Waals surface area contributed by atoms with Crippen LogP contribution >= 0.6 is 27.7 Å². The summed E-state index contributed by atoms with van der Waals surface area (Å²) >= 11 is 4.38. The first-order valence-corrected chi connectivity index (χ1v) is 9.49. The molecule has 1 heterocycles. The predicted octanol–water partition coefficient (Wildman–Crippen LogP) is 3.45. The third kappa shape index (κ3) is 5.04. The molecule has 0 aliphatic rings. The Morgan fingerprint density at radius 1 is 1.15 bits per heavy atom. The Balaban J connectivity index is 1.48. The monoisotopic (exact) mass is 454 g/mol. The molecule has 3 aromatic rings. The van der Waals surface area contributed by atoms with Gasteiger partial charge in [-0.25, -0.2) is 13.8 Å². The molecule has 140 valence electrons. The van der Waals surface area contributed by atoms with Crippen LogP contribution in [0.1, 0.15) is 0 Å². The molecule has 0 saturated heterocycles. The van der Waals surface area contributed by atoms with E-state index in [2.05, 4.69) is 36.5 Å². The van der Waals surface area contributed by atoms with Crippen molar-refractivity contribution < 1.29 is 18.4 Å². The number of aromatic nitrogens is 2. The Labute approximate surface area is 165 Å². The molecule has 3 N–H and O–H groups in total. The highest BCUT2D eigenvalue weighted by Gasteiger charge is 2.12. The van der Waals surface area contributed by atoms with Gasteiger partial charge < -0.3 is 15.6 Å². The van der Waals surface area contributed by atoms with Crippen LogP contribution in [0.3, 0.4) is 0 Å². The number of hydrogen-bond donors (Lipinski definition) is 3. The smallest absolute Gasteiger partial charge is 0.243 e. The van der Waals surface area contributed by atoms with Gasteiger partial charge in [0.25, 0.3) is 0 Å². The molecule has 27 heavy (non-hydrogen) atoms. The van der Waals surface area contributed by atoms with E-state index < -0.39 is 11.6 Å². The van der Waals surface area contributed by atoms with Gasteiger partial charge in [-0.2, -0.15) is 0 Å². The summed E-state index contributed by atoms with van der Waals surface area (Å²) in [6.45, 7) is -0.183.